The number of aromatic nitrogens is 1. The van der Waals surface area contributed by atoms with Crippen LogP contribution in [0, 0.1) is 6.92 Å². The second kappa shape index (κ2) is 13.8. The fourth-order valence-corrected chi connectivity index (χ4v) is 4.41. The summed E-state index contributed by atoms with van der Waals surface area (Å²) in [6, 6.07) is 6.28. The molecule has 2 aromatic rings. The first kappa shape index (κ1) is 26.6. The quantitative estimate of drug-likeness (QED) is 0.271. The number of guanidine groups is 1. The summed E-state index contributed by atoms with van der Waals surface area (Å²) in [5.41, 5.74) is 1.17. The maximum Gasteiger partial charge on any atom is 0.191 e. The second-order valence-electron chi connectivity index (χ2n) is 7.27. The molecule has 8 nitrogen and oxygen atoms in total. The first-order chi connectivity index (χ1) is 15.1. The molecule has 1 fully saturated rings. The number of nitrogens with one attached hydrogen (secondary N) is 2. The number of benzene rings is 1. The van der Waals surface area contributed by atoms with Crippen LogP contribution in [0.25, 0.3) is 0 Å². The zero-order chi connectivity index (χ0) is 22.1. The molecule has 0 spiro atoms. The van der Waals surface area contributed by atoms with Crippen LogP contribution >= 0.6 is 35.3 Å². The van der Waals surface area contributed by atoms with Gasteiger partial charge in [0.2, 0.25) is 0 Å². The van der Waals surface area contributed by atoms with Crippen LogP contribution in [0.3, 0.4) is 0 Å². The molecule has 0 bridgehead atoms. The minimum absolute atomic E-state index is 0. The number of aryl methyl sites for hydroxylation is 1. The summed E-state index contributed by atoms with van der Waals surface area (Å²) < 4.78 is 16.5. The van der Waals surface area contributed by atoms with E-state index in [9.17, 15) is 0 Å². The van der Waals surface area contributed by atoms with Gasteiger partial charge in [0, 0.05) is 50.7 Å². The second-order valence-corrected chi connectivity index (χ2v) is 8.59. The normalized spacial score (nSPS) is 15.6. The number of thiazole rings is 1. The van der Waals surface area contributed by atoms with Crippen molar-refractivity contribution in [1.29, 1.82) is 0 Å². The van der Waals surface area contributed by atoms with Crippen molar-refractivity contribution in [2.24, 2.45) is 4.99 Å². The number of rotatable bonds is 9. The molecular formula is C22H34IN5O3S. The molecule has 0 aliphatic carbocycles. The predicted molar refractivity (Wildman–Crippen MR) is 140 cm³/mol. The zero-order valence-corrected chi connectivity index (χ0v) is 22.4. The van der Waals surface area contributed by atoms with Gasteiger partial charge in [0.15, 0.2) is 17.5 Å². The van der Waals surface area contributed by atoms with E-state index in [0.29, 0.717) is 6.54 Å². The van der Waals surface area contributed by atoms with Crippen molar-refractivity contribution in [3.63, 3.8) is 0 Å². The average molecular weight is 576 g/mol. The van der Waals surface area contributed by atoms with Gasteiger partial charge in [-0.25, -0.2) is 4.98 Å². The van der Waals surface area contributed by atoms with Crippen LogP contribution in [0.2, 0.25) is 0 Å². The molecule has 1 aliphatic rings. The van der Waals surface area contributed by atoms with Gasteiger partial charge in [0.05, 0.1) is 38.5 Å². The third-order valence-corrected chi connectivity index (χ3v) is 6.24. The van der Waals surface area contributed by atoms with E-state index in [0.717, 1.165) is 61.7 Å². The number of nitrogens with zero attached hydrogens (tertiary/aromatic N) is 3. The summed E-state index contributed by atoms with van der Waals surface area (Å²) in [5, 5.41) is 8.02. The number of aliphatic imine (C=N–C) groups is 1. The largest absolute Gasteiger partial charge is 0.493 e. The number of morpholine rings is 1. The van der Waals surface area contributed by atoms with Gasteiger partial charge < -0.3 is 24.8 Å². The Kier molecular flexibility index (Phi) is 11.5. The molecule has 2 N–H and O–H groups in total. The highest BCUT2D eigenvalue weighted by atomic mass is 127. The van der Waals surface area contributed by atoms with E-state index in [-0.39, 0.29) is 30.0 Å². The molecule has 10 heteroatoms. The van der Waals surface area contributed by atoms with Gasteiger partial charge in [-0.2, -0.15) is 0 Å². The first-order valence-electron chi connectivity index (χ1n) is 10.5. The van der Waals surface area contributed by atoms with Gasteiger partial charge in [0.25, 0.3) is 0 Å². The van der Waals surface area contributed by atoms with E-state index < -0.39 is 0 Å². The van der Waals surface area contributed by atoms with Gasteiger partial charge in [-0.1, -0.05) is 6.07 Å². The summed E-state index contributed by atoms with van der Waals surface area (Å²) in [6.07, 6.45) is 2.80. The van der Waals surface area contributed by atoms with Gasteiger partial charge in [0.1, 0.15) is 0 Å². The Morgan fingerprint density at radius 1 is 1.22 bits per heavy atom. The summed E-state index contributed by atoms with van der Waals surface area (Å²) in [4.78, 5) is 12.5. The third kappa shape index (κ3) is 7.46. The van der Waals surface area contributed by atoms with Gasteiger partial charge in [-0.15, -0.1) is 35.3 Å². The minimum atomic E-state index is 0. The molecule has 32 heavy (non-hydrogen) atoms. The summed E-state index contributed by atoms with van der Waals surface area (Å²) >= 11 is 1.74. The summed E-state index contributed by atoms with van der Waals surface area (Å²) in [5.74, 6) is 2.25. The van der Waals surface area contributed by atoms with E-state index in [1.165, 1.54) is 10.4 Å². The molecule has 3 rings (SSSR count). The lowest BCUT2D eigenvalue weighted by atomic mass is 10.0. The molecule has 1 atom stereocenters. The lowest BCUT2D eigenvalue weighted by molar-refractivity contribution is 0.0169. The van der Waals surface area contributed by atoms with Crippen molar-refractivity contribution >= 4 is 41.3 Å². The van der Waals surface area contributed by atoms with Crippen molar-refractivity contribution in [1.82, 2.24) is 20.5 Å². The third-order valence-electron chi connectivity index (χ3n) is 5.27. The molecule has 0 saturated carbocycles. The number of methoxy groups -OCH3 is 2. The van der Waals surface area contributed by atoms with Crippen LogP contribution in [-0.4, -0.2) is 76.5 Å². The van der Waals surface area contributed by atoms with Gasteiger partial charge in [-0.3, -0.25) is 9.89 Å². The maximum atomic E-state index is 5.56. The fourth-order valence-electron chi connectivity index (χ4n) is 3.63. The van der Waals surface area contributed by atoms with E-state index in [1.54, 1.807) is 32.6 Å². The average Bonchev–Trinajstić information content (AvgIpc) is 3.23. The molecule has 0 radical (unpaired) electrons. The lowest BCUT2D eigenvalue weighted by Gasteiger charge is -2.35. The summed E-state index contributed by atoms with van der Waals surface area (Å²) in [6.45, 7) is 6.83. The molecule has 0 amide bonds. The van der Waals surface area contributed by atoms with Crippen LogP contribution in [-0.2, 0) is 11.2 Å². The van der Waals surface area contributed by atoms with Crippen LogP contribution < -0.4 is 20.1 Å². The van der Waals surface area contributed by atoms with E-state index in [4.69, 9.17) is 14.2 Å². The SMILES string of the molecule is CN=C(NCCc1ncc(C)s1)NCC(c1ccc(OC)c(OC)c1)N1CCOCC1.I. The highest BCUT2D eigenvalue weighted by Gasteiger charge is 2.24. The zero-order valence-electron chi connectivity index (χ0n) is 19.2. The maximum absolute atomic E-state index is 5.56. The van der Waals surface area contributed by atoms with Crippen molar-refractivity contribution in [2.75, 3.05) is 60.7 Å². The van der Waals surface area contributed by atoms with Gasteiger partial charge in [-0.05, 0) is 24.6 Å². The smallest absolute Gasteiger partial charge is 0.191 e. The molecule has 178 valence electrons. The van der Waals surface area contributed by atoms with E-state index in [1.807, 2.05) is 12.3 Å². The Hall–Kier alpha value is -1.63. The Balaban J connectivity index is 0.00000363. The molecule has 1 aliphatic heterocycles. The number of halogens is 1. The lowest BCUT2D eigenvalue weighted by Crippen LogP contribution is -2.46. The molecule has 2 heterocycles. The Bertz CT molecular complexity index is 858. The topological polar surface area (TPSA) is 80.2 Å². The Morgan fingerprint density at radius 3 is 2.59 bits per heavy atom. The standard InChI is InChI=1S/C22H33N5O3S.HI/c1-16-14-25-21(31-16)7-8-24-22(23-2)26-15-18(27-9-11-30-12-10-27)17-5-6-19(28-3)20(13-17)29-4;/h5-6,13-14,18H,7-12,15H2,1-4H3,(H2,23,24,26);1H. The van der Waals surface area contributed by atoms with Crippen LogP contribution in [0.5, 0.6) is 11.5 Å². The van der Waals surface area contributed by atoms with Gasteiger partial charge >= 0.3 is 0 Å². The van der Waals surface area contributed by atoms with Crippen LogP contribution in [0.15, 0.2) is 29.4 Å². The predicted octanol–water partition coefficient (Wildman–Crippen LogP) is 2.87. The number of hydrogen-bond acceptors (Lipinski definition) is 7. The molecule has 1 aromatic carbocycles. The van der Waals surface area contributed by atoms with Crippen molar-refractivity contribution in [3.8, 4) is 11.5 Å². The Morgan fingerprint density at radius 2 is 1.97 bits per heavy atom. The van der Waals surface area contributed by atoms with E-state index in [2.05, 4.69) is 44.6 Å². The van der Waals surface area contributed by atoms with Crippen LogP contribution in [0.1, 0.15) is 21.5 Å². The van der Waals surface area contributed by atoms with Crippen molar-refractivity contribution < 1.29 is 14.2 Å². The first-order valence-corrected chi connectivity index (χ1v) is 11.4. The van der Waals surface area contributed by atoms with E-state index >= 15 is 0 Å². The van der Waals surface area contributed by atoms with Crippen molar-refractivity contribution in [3.05, 3.63) is 39.8 Å². The van der Waals surface area contributed by atoms with Crippen LogP contribution in [0.4, 0.5) is 0 Å². The molecule has 1 unspecified atom stereocenters. The highest BCUT2D eigenvalue weighted by molar-refractivity contribution is 14.0. The Labute approximate surface area is 211 Å². The summed E-state index contributed by atoms with van der Waals surface area (Å²) in [7, 11) is 5.11. The number of ether oxygens (including phenoxy) is 3. The monoisotopic (exact) mass is 575 g/mol. The molecule has 1 aromatic heterocycles. The molecular weight excluding hydrogens is 541 g/mol. The van der Waals surface area contributed by atoms with Crippen molar-refractivity contribution in [2.45, 2.75) is 19.4 Å². The fraction of sp³-hybridized carbons (Fsp3) is 0.545. The molecule has 1 saturated heterocycles. The highest BCUT2D eigenvalue weighted by Crippen LogP contribution is 2.32. The minimum Gasteiger partial charge on any atom is -0.493 e. The number of hydrogen-bond donors (Lipinski definition) is 2.